The minimum absolute atomic E-state index is 0.0411. The van der Waals surface area contributed by atoms with E-state index in [-0.39, 0.29) is 18.1 Å². The van der Waals surface area contributed by atoms with E-state index < -0.39 is 0 Å². The minimum Gasteiger partial charge on any atom is -0.394 e. The van der Waals surface area contributed by atoms with Gasteiger partial charge in [-0.2, -0.15) is 0 Å². The molecule has 80 valence electrons. The van der Waals surface area contributed by atoms with Crippen molar-refractivity contribution in [2.75, 3.05) is 6.61 Å². The number of carbonyl (C=O) groups excluding carboxylic acids is 1. The van der Waals surface area contributed by atoms with E-state index in [9.17, 15) is 4.79 Å². The summed E-state index contributed by atoms with van der Waals surface area (Å²) in [6.07, 6.45) is 5.66. The molecule has 0 saturated heterocycles. The normalized spacial score (nSPS) is 20.1. The fraction of sp³-hybridized carbons (Fsp3) is 0.727. The number of hydrogen-bond donors (Lipinski definition) is 2. The Morgan fingerprint density at radius 2 is 2.21 bits per heavy atom. The van der Waals surface area contributed by atoms with Crippen LogP contribution in [0.15, 0.2) is 11.6 Å². The van der Waals surface area contributed by atoms with Crippen LogP contribution in [0.3, 0.4) is 0 Å². The van der Waals surface area contributed by atoms with Gasteiger partial charge in [-0.25, -0.2) is 0 Å². The molecule has 0 aromatic heterocycles. The van der Waals surface area contributed by atoms with Crippen molar-refractivity contribution < 1.29 is 9.90 Å². The maximum atomic E-state index is 11.6. The summed E-state index contributed by atoms with van der Waals surface area (Å²) in [5.41, 5.74) is 0.423. The smallest absolute Gasteiger partial charge is 0.247 e. The molecule has 1 aliphatic rings. The number of carbonyl (C=O) groups is 1. The molecule has 1 amide bonds. The van der Waals surface area contributed by atoms with Crippen molar-refractivity contribution in [1.82, 2.24) is 5.32 Å². The van der Waals surface area contributed by atoms with Gasteiger partial charge in [-0.3, -0.25) is 4.79 Å². The van der Waals surface area contributed by atoms with Gasteiger partial charge in [0.2, 0.25) is 5.91 Å². The fourth-order valence-corrected chi connectivity index (χ4v) is 1.66. The Bertz CT molecular complexity index is 236. The Hall–Kier alpha value is -0.830. The van der Waals surface area contributed by atoms with Crippen LogP contribution in [0, 0.1) is 0 Å². The van der Waals surface area contributed by atoms with E-state index in [1.54, 1.807) is 0 Å². The van der Waals surface area contributed by atoms with Crippen LogP contribution in [0.1, 0.15) is 39.5 Å². The lowest BCUT2D eigenvalue weighted by Gasteiger charge is -2.41. The highest BCUT2D eigenvalue weighted by Crippen LogP contribution is 2.31. The van der Waals surface area contributed by atoms with Gasteiger partial charge in [0.25, 0.3) is 0 Å². The molecule has 0 bridgehead atoms. The largest absolute Gasteiger partial charge is 0.394 e. The first-order valence-electron chi connectivity index (χ1n) is 5.24. The maximum absolute atomic E-state index is 11.6. The Kier molecular flexibility index (Phi) is 3.69. The van der Waals surface area contributed by atoms with Crippen LogP contribution in [0.25, 0.3) is 0 Å². The van der Waals surface area contributed by atoms with E-state index in [1.165, 1.54) is 0 Å². The highest BCUT2D eigenvalue weighted by Gasteiger charge is 2.37. The van der Waals surface area contributed by atoms with E-state index >= 15 is 0 Å². The average molecular weight is 197 g/mol. The number of aliphatic hydroxyl groups excluding tert-OH is 1. The molecule has 3 nitrogen and oxygen atoms in total. The molecular weight excluding hydrogens is 178 g/mol. The quantitative estimate of drug-likeness (QED) is 0.669. The van der Waals surface area contributed by atoms with Gasteiger partial charge in [0.15, 0.2) is 0 Å². The molecule has 0 heterocycles. The molecular formula is C11H19NO2. The van der Waals surface area contributed by atoms with E-state index in [1.807, 2.05) is 19.9 Å². The number of nitrogens with one attached hydrogen (secondary N) is 1. The van der Waals surface area contributed by atoms with E-state index in [0.29, 0.717) is 0 Å². The van der Waals surface area contributed by atoms with Gasteiger partial charge < -0.3 is 10.4 Å². The summed E-state index contributed by atoms with van der Waals surface area (Å²) in [4.78, 5) is 11.6. The van der Waals surface area contributed by atoms with Gasteiger partial charge in [0.05, 0.1) is 12.1 Å². The average Bonchev–Trinajstić information content (AvgIpc) is 2.11. The second-order valence-corrected chi connectivity index (χ2v) is 4.04. The summed E-state index contributed by atoms with van der Waals surface area (Å²) >= 11 is 0. The summed E-state index contributed by atoms with van der Waals surface area (Å²) in [6, 6.07) is 0. The third-order valence-electron chi connectivity index (χ3n) is 2.86. The number of aliphatic hydroxyl groups is 1. The van der Waals surface area contributed by atoms with Crippen LogP contribution in [0.5, 0.6) is 0 Å². The van der Waals surface area contributed by atoms with Gasteiger partial charge in [0, 0.05) is 5.57 Å². The van der Waals surface area contributed by atoms with Gasteiger partial charge in [-0.1, -0.05) is 13.0 Å². The summed E-state index contributed by atoms with van der Waals surface area (Å²) in [5, 5.41) is 12.1. The molecule has 1 fully saturated rings. The molecule has 0 aromatic rings. The van der Waals surface area contributed by atoms with E-state index in [2.05, 4.69) is 5.32 Å². The fourth-order valence-electron chi connectivity index (χ4n) is 1.66. The maximum Gasteiger partial charge on any atom is 0.247 e. The summed E-state index contributed by atoms with van der Waals surface area (Å²) < 4.78 is 0. The van der Waals surface area contributed by atoms with Crippen molar-refractivity contribution in [3.63, 3.8) is 0 Å². The highest BCUT2D eigenvalue weighted by atomic mass is 16.3. The molecule has 14 heavy (non-hydrogen) atoms. The second kappa shape index (κ2) is 4.60. The van der Waals surface area contributed by atoms with Gasteiger partial charge in [-0.05, 0) is 32.6 Å². The van der Waals surface area contributed by atoms with Crippen LogP contribution in [-0.4, -0.2) is 23.2 Å². The molecule has 3 heteroatoms. The molecule has 1 saturated carbocycles. The molecule has 1 rings (SSSR count). The lowest BCUT2D eigenvalue weighted by atomic mass is 9.77. The number of allylic oxidation sites excluding steroid dienone is 1. The van der Waals surface area contributed by atoms with Crippen molar-refractivity contribution in [1.29, 1.82) is 0 Å². The lowest BCUT2D eigenvalue weighted by Crippen LogP contribution is -2.56. The molecule has 0 aromatic carbocycles. The van der Waals surface area contributed by atoms with Gasteiger partial charge in [0.1, 0.15) is 0 Å². The zero-order valence-electron chi connectivity index (χ0n) is 8.97. The Morgan fingerprint density at radius 3 is 2.57 bits per heavy atom. The van der Waals surface area contributed by atoms with Crippen molar-refractivity contribution in [3.8, 4) is 0 Å². The second-order valence-electron chi connectivity index (χ2n) is 4.04. The summed E-state index contributed by atoms with van der Waals surface area (Å²) in [5.74, 6) is -0.0411. The predicted octanol–water partition coefficient (Wildman–Crippen LogP) is 1.37. The van der Waals surface area contributed by atoms with Crippen molar-refractivity contribution in [3.05, 3.63) is 11.6 Å². The van der Waals surface area contributed by atoms with Crippen LogP contribution < -0.4 is 5.32 Å². The van der Waals surface area contributed by atoms with Crippen LogP contribution in [0.2, 0.25) is 0 Å². The first kappa shape index (κ1) is 11.2. The molecule has 0 radical (unpaired) electrons. The number of amides is 1. The van der Waals surface area contributed by atoms with Crippen molar-refractivity contribution >= 4 is 5.91 Å². The first-order chi connectivity index (χ1) is 6.63. The third kappa shape index (κ3) is 2.35. The number of rotatable bonds is 4. The Morgan fingerprint density at radius 1 is 1.57 bits per heavy atom. The van der Waals surface area contributed by atoms with E-state index in [0.717, 1.165) is 31.3 Å². The van der Waals surface area contributed by atoms with Crippen LogP contribution in [-0.2, 0) is 4.79 Å². The minimum atomic E-state index is -0.320. The molecule has 0 spiro atoms. The zero-order valence-corrected chi connectivity index (χ0v) is 8.97. The van der Waals surface area contributed by atoms with Crippen molar-refractivity contribution in [2.24, 2.45) is 0 Å². The zero-order chi connectivity index (χ0) is 10.6. The summed E-state index contributed by atoms with van der Waals surface area (Å²) in [7, 11) is 0. The molecule has 2 N–H and O–H groups in total. The van der Waals surface area contributed by atoms with Gasteiger partial charge in [-0.15, -0.1) is 0 Å². The lowest BCUT2D eigenvalue weighted by molar-refractivity contribution is -0.121. The van der Waals surface area contributed by atoms with Crippen LogP contribution >= 0.6 is 0 Å². The van der Waals surface area contributed by atoms with E-state index in [4.69, 9.17) is 5.11 Å². The topological polar surface area (TPSA) is 49.3 Å². The first-order valence-corrected chi connectivity index (χ1v) is 5.24. The highest BCUT2D eigenvalue weighted by molar-refractivity contribution is 5.93. The van der Waals surface area contributed by atoms with Crippen LogP contribution in [0.4, 0.5) is 0 Å². The SMILES string of the molecule is CC/C=C(/C)C(=O)NC1(CO)CCC1. The Labute approximate surface area is 85.2 Å². The van der Waals surface area contributed by atoms with Crippen molar-refractivity contribution in [2.45, 2.75) is 45.1 Å². The molecule has 1 aliphatic carbocycles. The number of hydrogen-bond acceptors (Lipinski definition) is 2. The standard InChI is InChI=1S/C11H19NO2/c1-3-5-9(2)10(14)12-11(8-13)6-4-7-11/h5,13H,3-4,6-8H2,1-2H3,(H,12,14)/b9-5-. The summed E-state index contributed by atoms with van der Waals surface area (Å²) in [6.45, 7) is 3.86. The Balaban J connectivity index is 2.51. The monoisotopic (exact) mass is 197 g/mol. The molecule has 0 unspecified atom stereocenters. The molecule has 0 atom stereocenters. The third-order valence-corrected chi connectivity index (χ3v) is 2.86. The van der Waals surface area contributed by atoms with Gasteiger partial charge >= 0.3 is 0 Å². The molecule has 0 aliphatic heterocycles. The predicted molar refractivity (Wildman–Crippen MR) is 55.9 cm³/mol.